The third-order valence-electron chi connectivity index (χ3n) is 2.30. The van der Waals surface area contributed by atoms with Gasteiger partial charge in [-0.25, -0.2) is 0 Å². The molecule has 2 rings (SSSR count). The summed E-state index contributed by atoms with van der Waals surface area (Å²) in [5.41, 5.74) is 4.23. The van der Waals surface area contributed by atoms with Crippen molar-refractivity contribution in [2.75, 3.05) is 5.32 Å². The van der Waals surface area contributed by atoms with Crippen LogP contribution in [-0.2, 0) is 4.79 Å². The van der Waals surface area contributed by atoms with Crippen LogP contribution in [0.4, 0.5) is 5.69 Å². The number of anilines is 1. The molecule has 3 heteroatoms. The summed E-state index contributed by atoms with van der Waals surface area (Å²) < 4.78 is 0. The van der Waals surface area contributed by atoms with E-state index in [0.717, 1.165) is 16.8 Å². The maximum Gasteiger partial charge on any atom is 0.241 e. The van der Waals surface area contributed by atoms with Crippen molar-refractivity contribution >= 4 is 24.2 Å². The lowest BCUT2D eigenvalue weighted by atomic mass is 10.0. The molecule has 0 fully saturated rings. The van der Waals surface area contributed by atoms with Gasteiger partial charge in [-0.1, -0.05) is 17.7 Å². The van der Waals surface area contributed by atoms with Crippen LogP contribution in [-0.4, -0.2) is 5.91 Å². The van der Waals surface area contributed by atoms with Crippen LogP contribution in [0.1, 0.15) is 21.9 Å². The average Bonchev–Trinajstić information content (AvgIpc) is 2.32. The van der Waals surface area contributed by atoms with E-state index < -0.39 is 0 Å². The third kappa shape index (κ3) is 1.23. The van der Waals surface area contributed by atoms with E-state index in [1.54, 1.807) is 0 Å². The van der Waals surface area contributed by atoms with Crippen LogP contribution in [0.25, 0.3) is 0 Å². The lowest BCUT2D eigenvalue weighted by Gasteiger charge is -2.05. The minimum atomic E-state index is -0.298. The Hall–Kier alpha value is -0.960. The van der Waals surface area contributed by atoms with E-state index in [1.807, 2.05) is 19.9 Å². The standard InChI is InChI=1S/C10H11NOS/c1-5-3-6(2)8-7(4-5)9(13)10(12)11-8/h3-4,9,13H,1-2H3,(H,11,12). The molecule has 0 bridgehead atoms. The van der Waals surface area contributed by atoms with Gasteiger partial charge in [0.25, 0.3) is 0 Å². The minimum Gasteiger partial charge on any atom is -0.324 e. The van der Waals surface area contributed by atoms with Gasteiger partial charge in [0.15, 0.2) is 0 Å². The number of carbonyl (C=O) groups is 1. The van der Waals surface area contributed by atoms with Crippen molar-refractivity contribution in [1.82, 2.24) is 0 Å². The number of nitrogens with one attached hydrogen (secondary N) is 1. The second-order valence-electron chi connectivity index (χ2n) is 3.44. The van der Waals surface area contributed by atoms with Crippen LogP contribution in [0.3, 0.4) is 0 Å². The number of amides is 1. The van der Waals surface area contributed by atoms with Crippen molar-refractivity contribution in [2.45, 2.75) is 19.1 Å². The van der Waals surface area contributed by atoms with E-state index in [-0.39, 0.29) is 11.2 Å². The molecule has 0 radical (unpaired) electrons. The maximum atomic E-state index is 11.3. The zero-order valence-electron chi connectivity index (χ0n) is 7.59. The van der Waals surface area contributed by atoms with E-state index in [9.17, 15) is 4.79 Å². The summed E-state index contributed by atoms with van der Waals surface area (Å²) in [6.45, 7) is 4.02. The second-order valence-corrected chi connectivity index (χ2v) is 3.95. The molecule has 0 aromatic heterocycles. The summed E-state index contributed by atoms with van der Waals surface area (Å²) in [6, 6.07) is 4.07. The van der Waals surface area contributed by atoms with Crippen molar-refractivity contribution < 1.29 is 4.79 Å². The average molecular weight is 193 g/mol. The van der Waals surface area contributed by atoms with Gasteiger partial charge < -0.3 is 5.32 Å². The molecule has 1 unspecified atom stereocenters. The van der Waals surface area contributed by atoms with Crippen molar-refractivity contribution in [3.63, 3.8) is 0 Å². The Kier molecular flexibility index (Phi) is 1.84. The highest BCUT2D eigenvalue weighted by Gasteiger charge is 2.28. The third-order valence-corrected chi connectivity index (χ3v) is 2.81. The molecule has 0 saturated heterocycles. The first-order valence-electron chi connectivity index (χ1n) is 4.19. The van der Waals surface area contributed by atoms with Gasteiger partial charge in [0.1, 0.15) is 5.25 Å². The topological polar surface area (TPSA) is 29.1 Å². The molecule has 1 heterocycles. The van der Waals surface area contributed by atoms with Crippen LogP contribution in [0.5, 0.6) is 0 Å². The molecule has 68 valence electrons. The molecule has 0 aliphatic carbocycles. The van der Waals surface area contributed by atoms with Crippen LogP contribution >= 0.6 is 12.6 Å². The molecular weight excluding hydrogens is 182 g/mol. The molecule has 0 saturated carbocycles. The fourth-order valence-corrected chi connectivity index (χ4v) is 1.99. The number of rotatable bonds is 0. The van der Waals surface area contributed by atoms with Gasteiger partial charge in [0.2, 0.25) is 5.91 Å². The van der Waals surface area contributed by atoms with Gasteiger partial charge in [-0.3, -0.25) is 4.79 Å². The van der Waals surface area contributed by atoms with Crippen molar-refractivity contribution in [3.8, 4) is 0 Å². The van der Waals surface area contributed by atoms with Crippen molar-refractivity contribution in [2.24, 2.45) is 0 Å². The summed E-state index contributed by atoms with van der Waals surface area (Å²) in [7, 11) is 0. The Morgan fingerprint density at radius 2 is 2.08 bits per heavy atom. The highest BCUT2D eigenvalue weighted by Crippen LogP contribution is 2.37. The zero-order chi connectivity index (χ0) is 9.59. The SMILES string of the molecule is Cc1cc(C)c2c(c1)C(S)C(=O)N2. The number of thiol groups is 1. The van der Waals surface area contributed by atoms with E-state index in [2.05, 4.69) is 24.0 Å². The van der Waals surface area contributed by atoms with Gasteiger partial charge in [0.05, 0.1) is 0 Å². The fraction of sp³-hybridized carbons (Fsp3) is 0.300. The first-order valence-corrected chi connectivity index (χ1v) is 4.71. The summed E-state index contributed by atoms with van der Waals surface area (Å²) in [6.07, 6.45) is 0. The fourth-order valence-electron chi connectivity index (χ4n) is 1.72. The zero-order valence-corrected chi connectivity index (χ0v) is 8.48. The molecule has 0 spiro atoms. The molecule has 1 amide bonds. The minimum absolute atomic E-state index is 0.0213. The Labute approximate surface area is 82.8 Å². The largest absolute Gasteiger partial charge is 0.324 e. The van der Waals surface area contributed by atoms with Crippen LogP contribution in [0.2, 0.25) is 0 Å². The van der Waals surface area contributed by atoms with Gasteiger partial charge in [-0.2, -0.15) is 12.6 Å². The first kappa shape index (κ1) is 8.63. The lowest BCUT2D eigenvalue weighted by Crippen LogP contribution is -2.07. The van der Waals surface area contributed by atoms with E-state index in [4.69, 9.17) is 0 Å². The Morgan fingerprint density at radius 1 is 1.38 bits per heavy atom. The van der Waals surface area contributed by atoms with Crippen LogP contribution in [0, 0.1) is 13.8 Å². The Morgan fingerprint density at radius 3 is 2.77 bits per heavy atom. The van der Waals surface area contributed by atoms with Gasteiger partial charge in [-0.15, -0.1) is 0 Å². The van der Waals surface area contributed by atoms with Crippen molar-refractivity contribution in [1.29, 1.82) is 0 Å². The van der Waals surface area contributed by atoms with Gasteiger partial charge >= 0.3 is 0 Å². The number of hydrogen-bond acceptors (Lipinski definition) is 2. The van der Waals surface area contributed by atoms with E-state index in [0.29, 0.717) is 0 Å². The van der Waals surface area contributed by atoms with Gasteiger partial charge in [-0.05, 0) is 25.0 Å². The lowest BCUT2D eigenvalue weighted by molar-refractivity contribution is -0.115. The summed E-state index contributed by atoms with van der Waals surface area (Å²) in [5, 5.41) is 2.53. The molecular formula is C10H11NOS. The number of carbonyl (C=O) groups excluding carboxylic acids is 1. The van der Waals surface area contributed by atoms with Crippen LogP contribution < -0.4 is 5.32 Å². The first-order chi connectivity index (χ1) is 6.09. The van der Waals surface area contributed by atoms with E-state index in [1.165, 1.54) is 5.56 Å². The number of aryl methyl sites for hydroxylation is 2. The second kappa shape index (κ2) is 2.77. The summed E-state index contributed by atoms with van der Waals surface area (Å²) >= 11 is 4.25. The predicted octanol–water partition coefficient (Wildman–Crippen LogP) is 2.23. The molecule has 2 nitrogen and oxygen atoms in total. The van der Waals surface area contributed by atoms with Crippen LogP contribution in [0.15, 0.2) is 12.1 Å². The normalized spacial score (nSPS) is 19.9. The highest BCUT2D eigenvalue weighted by atomic mass is 32.1. The number of fused-ring (bicyclic) bond motifs is 1. The predicted molar refractivity (Wildman–Crippen MR) is 56.3 cm³/mol. The molecule has 13 heavy (non-hydrogen) atoms. The molecule has 1 aromatic carbocycles. The number of hydrogen-bond donors (Lipinski definition) is 2. The summed E-state index contributed by atoms with van der Waals surface area (Å²) in [5.74, 6) is -0.0213. The van der Waals surface area contributed by atoms with Gasteiger partial charge in [0, 0.05) is 5.69 Å². The monoisotopic (exact) mass is 193 g/mol. The smallest absolute Gasteiger partial charge is 0.241 e. The molecule has 1 aliphatic heterocycles. The quantitative estimate of drug-likeness (QED) is 0.608. The maximum absolute atomic E-state index is 11.3. The molecule has 1 aliphatic rings. The molecule has 1 aromatic rings. The molecule has 1 atom stereocenters. The Balaban J connectivity index is 2.63. The summed E-state index contributed by atoms with van der Waals surface area (Å²) in [4.78, 5) is 11.3. The highest BCUT2D eigenvalue weighted by molar-refractivity contribution is 7.81. The molecule has 1 N–H and O–H groups in total. The number of benzene rings is 1. The van der Waals surface area contributed by atoms with Crippen molar-refractivity contribution in [3.05, 3.63) is 28.8 Å². The van der Waals surface area contributed by atoms with E-state index >= 15 is 0 Å². The Bertz CT molecular complexity index is 387.